The van der Waals surface area contributed by atoms with Crippen molar-refractivity contribution in [3.05, 3.63) is 41.0 Å². The fourth-order valence-electron chi connectivity index (χ4n) is 1.99. The number of anilines is 1. The van der Waals surface area contributed by atoms with E-state index >= 15 is 0 Å². The van der Waals surface area contributed by atoms with E-state index < -0.39 is 11.6 Å². The van der Waals surface area contributed by atoms with E-state index in [1.54, 1.807) is 0 Å². The summed E-state index contributed by atoms with van der Waals surface area (Å²) in [5.74, 6) is 1.21. The molecule has 0 atom stereocenters. The number of halogens is 2. The zero-order valence-corrected chi connectivity index (χ0v) is 9.35. The Morgan fingerprint density at radius 1 is 1.35 bits per heavy atom. The normalized spacial score (nSPS) is 10.5. The van der Waals surface area contributed by atoms with Crippen LogP contribution in [-0.4, -0.2) is 0 Å². The molecule has 0 unspecified atom stereocenters. The quantitative estimate of drug-likeness (QED) is 0.591. The molecule has 2 aromatic rings. The highest BCUT2D eigenvalue weighted by Gasteiger charge is 2.14. The van der Waals surface area contributed by atoms with Gasteiger partial charge in [0.25, 0.3) is 0 Å². The summed E-state index contributed by atoms with van der Waals surface area (Å²) in [6, 6.07) is 4.05. The largest absolute Gasteiger partial charge is 0.396 e. The number of benzene rings is 2. The van der Waals surface area contributed by atoms with E-state index in [4.69, 9.17) is 12.2 Å². The third-order valence-corrected chi connectivity index (χ3v) is 2.82. The molecule has 0 saturated heterocycles. The highest BCUT2D eigenvalue weighted by molar-refractivity contribution is 5.94. The van der Waals surface area contributed by atoms with Gasteiger partial charge in [-0.1, -0.05) is 12.8 Å². The Kier molecular flexibility index (Phi) is 2.72. The van der Waals surface area contributed by atoms with Gasteiger partial charge in [0.2, 0.25) is 0 Å². The maximum atomic E-state index is 13.8. The van der Waals surface area contributed by atoms with Crippen LogP contribution >= 0.6 is 0 Å². The minimum atomic E-state index is -0.547. The standard InChI is InChI=1S/C14H11F2N/c1-3-8-7-12(17)14(16)10-5-6-11(15)9(4-2)13(8)10/h2,5-7H,3,17H2,1H3. The topological polar surface area (TPSA) is 26.0 Å². The van der Waals surface area contributed by atoms with Crippen molar-refractivity contribution in [1.29, 1.82) is 0 Å². The van der Waals surface area contributed by atoms with Crippen molar-refractivity contribution < 1.29 is 8.78 Å². The van der Waals surface area contributed by atoms with Crippen LogP contribution in [0.15, 0.2) is 18.2 Å². The van der Waals surface area contributed by atoms with Crippen molar-refractivity contribution in [3.63, 3.8) is 0 Å². The van der Waals surface area contributed by atoms with E-state index in [2.05, 4.69) is 5.92 Å². The van der Waals surface area contributed by atoms with Gasteiger partial charge in [0.1, 0.15) is 5.82 Å². The molecule has 0 aliphatic carbocycles. The summed E-state index contributed by atoms with van der Waals surface area (Å²) in [4.78, 5) is 0. The molecular formula is C14H11F2N. The molecule has 0 aliphatic rings. The van der Waals surface area contributed by atoms with E-state index in [-0.39, 0.29) is 16.6 Å². The van der Waals surface area contributed by atoms with Crippen molar-refractivity contribution in [2.24, 2.45) is 0 Å². The van der Waals surface area contributed by atoms with E-state index in [0.29, 0.717) is 11.8 Å². The van der Waals surface area contributed by atoms with Gasteiger partial charge >= 0.3 is 0 Å². The number of terminal acetylenes is 1. The molecule has 1 nitrogen and oxygen atoms in total. The summed E-state index contributed by atoms with van der Waals surface area (Å²) in [6.07, 6.45) is 5.89. The van der Waals surface area contributed by atoms with Crippen LogP contribution in [-0.2, 0) is 6.42 Å². The predicted octanol–water partition coefficient (Wildman–Crippen LogP) is 3.24. The maximum Gasteiger partial charge on any atom is 0.153 e. The van der Waals surface area contributed by atoms with Crippen molar-refractivity contribution in [2.75, 3.05) is 5.73 Å². The predicted molar refractivity (Wildman–Crippen MR) is 65.6 cm³/mol. The third-order valence-electron chi connectivity index (χ3n) is 2.82. The van der Waals surface area contributed by atoms with E-state index in [9.17, 15) is 8.78 Å². The van der Waals surface area contributed by atoms with Crippen LogP contribution in [0.5, 0.6) is 0 Å². The van der Waals surface area contributed by atoms with Gasteiger partial charge in [0.05, 0.1) is 11.3 Å². The molecule has 17 heavy (non-hydrogen) atoms. The second kappa shape index (κ2) is 4.06. The number of nitrogen functional groups attached to an aromatic ring is 1. The molecule has 0 spiro atoms. The molecule has 0 aromatic heterocycles. The van der Waals surface area contributed by atoms with E-state index in [1.807, 2.05) is 6.92 Å². The van der Waals surface area contributed by atoms with Crippen molar-refractivity contribution in [3.8, 4) is 12.3 Å². The molecular weight excluding hydrogens is 220 g/mol. The summed E-state index contributed by atoms with van der Waals surface area (Å²) in [5.41, 5.74) is 6.48. The van der Waals surface area contributed by atoms with Crippen LogP contribution < -0.4 is 5.73 Å². The van der Waals surface area contributed by atoms with Crippen LogP contribution in [0.1, 0.15) is 18.1 Å². The Morgan fingerprint density at radius 2 is 2.06 bits per heavy atom. The Bertz CT molecular complexity index is 639. The Labute approximate surface area is 98.2 Å². The molecule has 0 fully saturated rings. The monoisotopic (exact) mass is 231 g/mol. The Balaban J connectivity index is 3.05. The smallest absolute Gasteiger partial charge is 0.153 e. The average Bonchev–Trinajstić information content (AvgIpc) is 2.33. The molecule has 0 aliphatic heterocycles. The zero-order valence-electron chi connectivity index (χ0n) is 9.35. The summed E-state index contributed by atoms with van der Waals surface area (Å²) >= 11 is 0. The first-order valence-electron chi connectivity index (χ1n) is 5.25. The molecule has 0 amide bonds. The molecule has 0 bridgehead atoms. The highest BCUT2D eigenvalue weighted by Crippen LogP contribution is 2.30. The number of hydrogen-bond donors (Lipinski definition) is 1. The summed E-state index contributed by atoms with van der Waals surface area (Å²) in [7, 11) is 0. The molecule has 0 saturated carbocycles. The second-order valence-electron chi connectivity index (χ2n) is 3.78. The first-order valence-corrected chi connectivity index (χ1v) is 5.25. The summed E-state index contributed by atoms with van der Waals surface area (Å²) in [5, 5.41) is 0.720. The fourth-order valence-corrected chi connectivity index (χ4v) is 1.99. The van der Waals surface area contributed by atoms with Gasteiger partial charge in [-0.3, -0.25) is 0 Å². The van der Waals surface area contributed by atoms with E-state index in [1.165, 1.54) is 18.2 Å². The molecule has 86 valence electrons. The van der Waals surface area contributed by atoms with Crippen molar-refractivity contribution in [1.82, 2.24) is 0 Å². The van der Waals surface area contributed by atoms with Gasteiger partial charge in [0.15, 0.2) is 5.82 Å². The van der Waals surface area contributed by atoms with Gasteiger partial charge < -0.3 is 5.73 Å². The highest BCUT2D eigenvalue weighted by atomic mass is 19.1. The van der Waals surface area contributed by atoms with Gasteiger partial charge in [-0.2, -0.15) is 0 Å². The number of rotatable bonds is 1. The molecule has 0 radical (unpaired) electrons. The second-order valence-corrected chi connectivity index (χ2v) is 3.78. The number of hydrogen-bond acceptors (Lipinski definition) is 1. The molecule has 3 heteroatoms. The van der Waals surface area contributed by atoms with Gasteiger partial charge in [-0.05, 0) is 30.2 Å². The number of fused-ring (bicyclic) bond motifs is 1. The van der Waals surface area contributed by atoms with Crippen LogP contribution in [0.4, 0.5) is 14.5 Å². The fraction of sp³-hybridized carbons (Fsp3) is 0.143. The lowest BCUT2D eigenvalue weighted by Gasteiger charge is -2.10. The first kappa shape index (κ1) is 11.4. The lowest BCUT2D eigenvalue weighted by atomic mass is 9.96. The van der Waals surface area contributed by atoms with Crippen molar-refractivity contribution in [2.45, 2.75) is 13.3 Å². The van der Waals surface area contributed by atoms with Crippen LogP contribution in [0.3, 0.4) is 0 Å². The molecule has 2 aromatic carbocycles. The number of aryl methyl sites for hydroxylation is 1. The molecule has 2 N–H and O–H groups in total. The summed E-state index contributed by atoms with van der Waals surface area (Å²) < 4.78 is 27.4. The van der Waals surface area contributed by atoms with Crippen LogP contribution in [0, 0.1) is 24.0 Å². The lowest BCUT2D eigenvalue weighted by Crippen LogP contribution is -1.99. The minimum Gasteiger partial charge on any atom is -0.396 e. The third kappa shape index (κ3) is 1.62. The summed E-state index contributed by atoms with van der Waals surface area (Å²) in [6.45, 7) is 1.89. The lowest BCUT2D eigenvalue weighted by molar-refractivity contribution is 0.624. The Hall–Kier alpha value is -2.08. The molecule has 0 heterocycles. The Morgan fingerprint density at radius 3 is 2.65 bits per heavy atom. The molecule has 2 rings (SSSR count). The first-order chi connectivity index (χ1) is 8.10. The van der Waals surface area contributed by atoms with Crippen LogP contribution in [0.25, 0.3) is 10.8 Å². The number of nitrogens with two attached hydrogens (primary N) is 1. The zero-order chi connectivity index (χ0) is 12.6. The average molecular weight is 231 g/mol. The van der Waals surface area contributed by atoms with Gasteiger partial charge in [-0.25, -0.2) is 8.78 Å². The SMILES string of the molecule is C#Cc1c(F)ccc2c(F)c(N)cc(CC)c12. The van der Waals surface area contributed by atoms with Gasteiger partial charge in [-0.15, -0.1) is 6.42 Å². The van der Waals surface area contributed by atoms with Gasteiger partial charge in [0, 0.05) is 10.8 Å². The van der Waals surface area contributed by atoms with E-state index in [0.717, 1.165) is 5.56 Å². The maximum absolute atomic E-state index is 13.8. The van der Waals surface area contributed by atoms with Crippen LogP contribution in [0.2, 0.25) is 0 Å². The van der Waals surface area contributed by atoms with Crippen molar-refractivity contribution >= 4 is 16.5 Å². The minimum absolute atomic E-state index is 0.0592.